The molecule has 0 saturated heterocycles. The highest BCUT2D eigenvalue weighted by Crippen LogP contribution is 2.32. The molecule has 0 bridgehead atoms. The van der Waals surface area contributed by atoms with E-state index in [1.807, 2.05) is 31.2 Å². The lowest BCUT2D eigenvalue weighted by Gasteiger charge is -2.25. The van der Waals surface area contributed by atoms with Crippen LogP contribution in [0.1, 0.15) is 17.2 Å². The highest BCUT2D eigenvalue weighted by Gasteiger charge is 2.28. The van der Waals surface area contributed by atoms with Gasteiger partial charge in [0.25, 0.3) is 0 Å². The van der Waals surface area contributed by atoms with Crippen LogP contribution in [0.25, 0.3) is 5.82 Å². The first-order valence-corrected chi connectivity index (χ1v) is 5.84. The number of aromatic nitrogens is 3. The summed E-state index contributed by atoms with van der Waals surface area (Å²) in [6, 6.07) is 9.82. The number of anilines is 1. The molecule has 0 aliphatic carbocycles. The van der Waals surface area contributed by atoms with Crippen molar-refractivity contribution < 1.29 is 0 Å². The van der Waals surface area contributed by atoms with Crippen molar-refractivity contribution in [1.29, 1.82) is 5.26 Å². The largest absolute Gasteiger partial charge is 0.383 e. The molecule has 0 unspecified atom stereocenters. The summed E-state index contributed by atoms with van der Waals surface area (Å²) in [6.45, 7) is 2.02. The van der Waals surface area contributed by atoms with Gasteiger partial charge in [0.15, 0.2) is 0 Å². The SMILES string of the molecule is Cc1ccc([C@@H]2Nc3ncnn3C(N)=C2C#N)cc1. The van der Waals surface area contributed by atoms with Gasteiger partial charge in [-0.15, -0.1) is 0 Å². The normalized spacial score (nSPS) is 17.6. The van der Waals surface area contributed by atoms with E-state index in [1.54, 1.807) is 0 Å². The van der Waals surface area contributed by atoms with Crippen molar-refractivity contribution in [1.82, 2.24) is 14.8 Å². The molecule has 3 N–H and O–H groups in total. The third kappa shape index (κ3) is 1.72. The van der Waals surface area contributed by atoms with Crippen LogP contribution in [0, 0.1) is 18.3 Å². The minimum Gasteiger partial charge on any atom is -0.383 e. The molecule has 0 saturated carbocycles. The van der Waals surface area contributed by atoms with E-state index in [-0.39, 0.29) is 6.04 Å². The number of nitrogens with zero attached hydrogens (tertiary/aromatic N) is 4. The molecule has 0 radical (unpaired) electrons. The molecule has 1 atom stereocenters. The number of fused-ring (bicyclic) bond motifs is 1. The number of nitrogens with two attached hydrogens (primary N) is 1. The summed E-state index contributed by atoms with van der Waals surface area (Å²) in [4.78, 5) is 4.09. The first-order chi connectivity index (χ1) is 9.20. The smallest absolute Gasteiger partial charge is 0.228 e. The van der Waals surface area contributed by atoms with Crippen molar-refractivity contribution in [2.45, 2.75) is 13.0 Å². The summed E-state index contributed by atoms with van der Waals surface area (Å²) in [5.74, 6) is 0.862. The Balaban J connectivity index is 2.11. The van der Waals surface area contributed by atoms with Gasteiger partial charge in [-0.2, -0.15) is 20.0 Å². The summed E-state index contributed by atoms with van der Waals surface area (Å²) in [6.07, 6.45) is 1.40. The van der Waals surface area contributed by atoms with E-state index >= 15 is 0 Å². The molecule has 6 nitrogen and oxygen atoms in total. The van der Waals surface area contributed by atoms with Crippen LogP contribution in [0.5, 0.6) is 0 Å². The standard InChI is InChI=1S/C13H12N6/c1-8-2-4-9(5-3-8)11-10(6-14)12(15)19-13(18-11)16-7-17-19/h2-5,7,11H,15H2,1H3,(H,16,17,18)/t11-/m0/s1. The molecule has 1 aliphatic rings. The molecule has 94 valence electrons. The Morgan fingerprint density at radius 1 is 1.37 bits per heavy atom. The number of hydrogen-bond acceptors (Lipinski definition) is 5. The summed E-state index contributed by atoms with van der Waals surface area (Å²) < 4.78 is 1.43. The Morgan fingerprint density at radius 3 is 2.79 bits per heavy atom. The van der Waals surface area contributed by atoms with Crippen LogP contribution in [-0.2, 0) is 0 Å². The van der Waals surface area contributed by atoms with Crippen LogP contribution in [0.4, 0.5) is 5.95 Å². The third-order valence-electron chi connectivity index (χ3n) is 3.15. The van der Waals surface area contributed by atoms with Crippen LogP contribution in [0.3, 0.4) is 0 Å². The third-order valence-corrected chi connectivity index (χ3v) is 3.15. The first kappa shape index (κ1) is 11.3. The predicted octanol–water partition coefficient (Wildman–Crippen LogP) is 1.40. The quantitative estimate of drug-likeness (QED) is 0.800. The van der Waals surface area contributed by atoms with Gasteiger partial charge in [-0.1, -0.05) is 29.8 Å². The number of nitrogens with one attached hydrogen (secondary N) is 1. The van der Waals surface area contributed by atoms with Gasteiger partial charge in [0.05, 0.1) is 11.6 Å². The zero-order valence-corrected chi connectivity index (χ0v) is 10.3. The minimum atomic E-state index is -0.290. The Bertz CT molecular complexity index is 689. The maximum absolute atomic E-state index is 9.32. The Kier molecular flexibility index (Phi) is 2.46. The van der Waals surface area contributed by atoms with Crippen molar-refractivity contribution in [2.75, 3.05) is 5.32 Å². The lowest BCUT2D eigenvalue weighted by Crippen LogP contribution is -2.27. The predicted molar refractivity (Wildman–Crippen MR) is 70.6 cm³/mol. The summed E-state index contributed by atoms with van der Waals surface area (Å²) in [5, 5.41) is 16.5. The Labute approximate surface area is 110 Å². The van der Waals surface area contributed by atoms with Gasteiger partial charge in [-0.25, -0.2) is 0 Å². The van der Waals surface area contributed by atoms with E-state index in [1.165, 1.54) is 11.0 Å². The minimum absolute atomic E-state index is 0.290. The van der Waals surface area contributed by atoms with Crippen molar-refractivity contribution in [2.24, 2.45) is 5.73 Å². The molecular formula is C13H12N6. The number of aryl methyl sites for hydroxylation is 1. The summed E-state index contributed by atoms with van der Waals surface area (Å²) >= 11 is 0. The van der Waals surface area contributed by atoms with Crippen molar-refractivity contribution in [3.8, 4) is 6.07 Å². The van der Waals surface area contributed by atoms with E-state index in [0.29, 0.717) is 17.3 Å². The fourth-order valence-electron chi connectivity index (χ4n) is 2.11. The molecule has 1 aliphatic heterocycles. The number of hydrogen-bond donors (Lipinski definition) is 2. The zero-order chi connectivity index (χ0) is 13.4. The van der Waals surface area contributed by atoms with E-state index in [9.17, 15) is 5.26 Å². The lowest BCUT2D eigenvalue weighted by atomic mass is 9.97. The van der Waals surface area contributed by atoms with Crippen LogP contribution in [0.2, 0.25) is 0 Å². The van der Waals surface area contributed by atoms with E-state index < -0.39 is 0 Å². The topological polar surface area (TPSA) is 92.6 Å². The summed E-state index contributed by atoms with van der Waals surface area (Å²) in [5.41, 5.74) is 8.56. The molecule has 2 heterocycles. The maximum Gasteiger partial charge on any atom is 0.228 e. The highest BCUT2D eigenvalue weighted by atomic mass is 15.4. The van der Waals surface area contributed by atoms with Gasteiger partial charge < -0.3 is 11.1 Å². The maximum atomic E-state index is 9.32. The molecule has 1 aromatic heterocycles. The molecule has 0 fully saturated rings. The van der Waals surface area contributed by atoms with Crippen molar-refractivity contribution >= 4 is 11.8 Å². The molecule has 0 spiro atoms. The fraction of sp³-hybridized carbons (Fsp3) is 0.154. The van der Waals surface area contributed by atoms with Crippen LogP contribution >= 0.6 is 0 Å². The molecule has 19 heavy (non-hydrogen) atoms. The summed E-state index contributed by atoms with van der Waals surface area (Å²) in [7, 11) is 0. The molecule has 1 aromatic carbocycles. The van der Waals surface area contributed by atoms with E-state index in [0.717, 1.165) is 11.1 Å². The highest BCUT2D eigenvalue weighted by molar-refractivity contribution is 5.65. The molecule has 6 heteroatoms. The first-order valence-electron chi connectivity index (χ1n) is 5.84. The fourth-order valence-corrected chi connectivity index (χ4v) is 2.11. The lowest BCUT2D eigenvalue weighted by molar-refractivity contribution is 0.794. The van der Waals surface area contributed by atoms with Gasteiger partial charge in [0.1, 0.15) is 18.2 Å². The number of benzene rings is 1. The molecule has 3 rings (SSSR count). The monoisotopic (exact) mass is 252 g/mol. The van der Waals surface area contributed by atoms with E-state index in [4.69, 9.17) is 5.73 Å². The zero-order valence-electron chi connectivity index (χ0n) is 10.3. The average molecular weight is 252 g/mol. The van der Waals surface area contributed by atoms with Gasteiger partial charge in [-0.3, -0.25) is 0 Å². The number of rotatable bonds is 1. The van der Waals surface area contributed by atoms with Crippen LogP contribution < -0.4 is 11.1 Å². The van der Waals surface area contributed by atoms with Crippen molar-refractivity contribution in [3.05, 3.63) is 47.3 Å². The van der Waals surface area contributed by atoms with Crippen LogP contribution in [0.15, 0.2) is 36.2 Å². The Morgan fingerprint density at radius 2 is 2.11 bits per heavy atom. The van der Waals surface area contributed by atoms with Gasteiger partial charge in [0.2, 0.25) is 5.95 Å². The second-order valence-corrected chi connectivity index (χ2v) is 4.39. The van der Waals surface area contributed by atoms with Gasteiger partial charge >= 0.3 is 0 Å². The van der Waals surface area contributed by atoms with Crippen molar-refractivity contribution in [3.63, 3.8) is 0 Å². The molecule has 0 amide bonds. The van der Waals surface area contributed by atoms with Gasteiger partial charge in [0, 0.05) is 0 Å². The second-order valence-electron chi connectivity index (χ2n) is 4.39. The van der Waals surface area contributed by atoms with Gasteiger partial charge in [-0.05, 0) is 12.5 Å². The molecule has 2 aromatic rings. The Hall–Kier alpha value is -2.81. The number of nitriles is 1. The second kappa shape index (κ2) is 4.14. The van der Waals surface area contributed by atoms with Crippen LogP contribution in [-0.4, -0.2) is 14.8 Å². The van der Waals surface area contributed by atoms with E-state index in [2.05, 4.69) is 21.5 Å². The average Bonchev–Trinajstić information content (AvgIpc) is 2.88. The molecular weight excluding hydrogens is 240 g/mol.